The van der Waals surface area contributed by atoms with Gasteiger partial charge in [-0.05, 0) is 23.7 Å². The molecule has 1 heteroatoms. The molecule has 0 aromatic heterocycles. The van der Waals surface area contributed by atoms with Gasteiger partial charge in [0.1, 0.15) is 0 Å². The lowest BCUT2D eigenvalue weighted by Crippen LogP contribution is -2.23. The second-order valence-corrected chi connectivity index (χ2v) is 4.26. The lowest BCUT2D eigenvalue weighted by Gasteiger charge is -2.29. The van der Waals surface area contributed by atoms with E-state index in [4.69, 9.17) is 5.11 Å². The second kappa shape index (κ2) is 5.58. The molecule has 12 heavy (non-hydrogen) atoms. The van der Waals surface area contributed by atoms with Crippen molar-refractivity contribution in [1.82, 2.24) is 0 Å². The molecule has 1 N–H and O–H groups in total. The molecule has 0 aromatic carbocycles. The Morgan fingerprint density at radius 3 is 1.67 bits per heavy atom. The highest BCUT2D eigenvalue weighted by atomic mass is 16.3. The van der Waals surface area contributed by atoms with Crippen LogP contribution in [0.25, 0.3) is 0 Å². The Morgan fingerprint density at radius 2 is 1.33 bits per heavy atom. The van der Waals surface area contributed by atoms with Crippen LogP contribution in [0.1, 0.15) is 41.0 Å². The van der Waals surface area contributed by atoms with Gasteiger partial charge in [0.15, 0.2) is 0 Å². The molecule has 0 spiro atoms. The highest BCUT2D eigenvalue weighted by molar-refractivity contribution is 4.71. The van der Waals surface area contributed by atoms with Crippen LogP contribution in [0.3, 0.4) is 0 Å². The lowest BCUT2D eigenvalue weighted by atomic mass is 9.78. The Balaban J connectivity index is 3.99. The molecule has 0 bridgehead atoms. The summed E-state index contributed by atoms with van der Waals surface area (Å²) in [7, 11) is 0. The first-order valence-electron chi connectivity index (χ1n) is 5.15. The van der Waals surface area contributed by atoms with E-state index >= 15 is 0 Å². The van der Waals surface area contributed by atoms with Crippen LogP contribution in [-0.4, -0.2) is 11.7 Å². The van der Waals surface area contributed by atoms with Gasteiger partial charge in [-0.25, -0.2) is 0 Å². The Labute approximate surface area is 77.2 Å². The van der Waals surface area contributed by atoms with E-state index in [0.29, 0.717) is 18.4 Å². The monoisotopic (exact) mass is 172 g/mol. The molecule has 0 aliphatic rings. The first-order valence-corrected chi connectivity index (χ1v) is 5.15. The van der Waals surface area contributed by atoms with Gasteiger partial charge in [0.05, 0.1) is 0 Å². The van der Waals surface area contributed by atoms with Gasteiger partial charge >= 0.3 is 0 Å². The molecule has 0 saturated heterocycles. The molecule has 0 aromatic rings. The number of aliphatic hydroxyl groups excluding tert-OH is 1. The van der Waals surface area contributed by atoms with Crippen molar-refractivity contribution in [3.8, 4) is 0 Å². The van der Waals surface area contributed by atoms with E-state index in [1.165, 1.54) is 6.42 Å². The van der Waals surface area contributed by atoms with Crippen LogP contribution < -0.4 is 0 Å². The smallest absolute Gasteiger partial charge is 0.0459 e. The average Bonchev–Trinajstić information content (AvgIpc) is 2.12. The first-order chi connectivity index (χ1) is 5.54. The number of rotatable bonds is 5. The fraction of sp³-hybridized carbons (Fsp3) is 1.00. The molecular weight excluding hydrogens is 148 g/mol. The van der Waals surface area contributed by atoms with Gasteiger partial charge in [-0.15, -0.1) is 0 Å². The third kappa shape index (κ3) is 3.14. The Bertz CT molecular complexity index is 97.6. The molecule has 0 amide bonds. The Kier molecular flexibility index (Phi) is 5.56. The molecule has 4 atom stereocenters. The summed E-state index contributed by atoms with van der Waals surface area (Å²) in [5.41, 5.74) is 0. The van der Waals surface area contributed by atoms with Gasteiger partial charge in [-0.3, -0.25) is 0 Å². The SMILES string of the molecule is CC[C@@H](C)[C@H](C)[C@H](C)[C@@H](C)CO. The van der Waals surface area contributed by atoms with E-state index in [-0.39, 0.29) is 0 Å². The van der Waals surface area contributed by atoms with Crippen molar-refractivity contribution in [1.29, 1.82) is 0 Å². The van der Waals surface area contributed by atoms with Crippen molar-refractivity contribution in [2.24, 2.45) is 23.7 Å². The zero-order valence-corrected chi connectivity index (χ0v) is 9.17. The van der Waals surface area contributed by atoms with E-state index in [2.05, 4.69) is 34.6 Å². The highest BCUT2D eigenvalue weighted by Crippen LogP contribution is 2.28. The number of aliphatic hydroxyl groups is 1. The van der Waals surface area contributed by atoms with Crippen LogP contribution >= 0.6 is 0 Å². The fourth-order valence-electron chi connectivity index (χ4n) is 1.57. The van der Waals surface area contributed by atoms with Crippen LogP contribution in [0.4, 0.5) is 0 Å². The Hall–Kier alpha value is -0.0400. The minimum Gasteiger partial charge on any atom is -0.396 e. The van der Waals surface area contributed by atoms with Gasteiger partial charge in [-0.1, -0.05) is 41.0 Å². The molecule has 0 radical (unpaired) electrons. The maximum atomic E-state index is 9.01. The molecule has 0 rings (SSSR count). The summed E-state index contributed by atoms with van der Waals surface area (Å²) in [6.45, 7) is 11.5. The third-order valence-corrected chi connectivity index (χ3v) is 3.56. The summed E-state index contributed by atoms with van der Waals surface area (Å²) in [6.07, 6.45) is 1.24. The quantitative estimate of drug-likeness (QED) is 0.676. The molecule has 0 saturated carbocycles. The topological polar surface area (TPSA) is 20.2 Å². The minimum atomic E-state index is 0.321. The van der Waals surface area contributed by atoms with Crippen LogP contribution in [0.15, 0.2) is 0 Å². The molecule has 0 heterocycles. The third-order valence-electron chi connectivity index (χ3n) is 3.56. The van der Waals surface area contributed by atoms with E-state index < -0.39 is 0 Å². The summed E-state index contributed by atoms with van der Waals surface area (Å²) in [5.74, 6) is 2.56. The van der Waals surface area contributed by atoms with E-state index in [0.717, 1.165) is 11.8 Å². The minimum absolute atomic E-state index is 0.321. The molecule has 0 unspecified atom stereocenters. The Morgan fingerprint density at radius 1 is 0.917 bits per heavy atom. The summed E-state index contributed by atoms with van der Waals surface area (Å²) in [6, 6.07) is 0. The van der Waals surface area contributed by atoms with Crippen molar-refractivity contribution in [2.75, 3.05) is 6.61 Å². The van der Waals surface area contributed by atoms with Gasteiger partial charge in [0, 0.05) is 6.61 Å². The maximum absolute atomic E-state index is 9.01. The zero-order valence-electron chi connectivity index (χ0n) is 9.17. The predicted molar refractivity (Wildman–Crippen MR) is 54.0 cm³/mol. The van der Waals surface area contributed by atoms with E-state index in [1.54, 1.807) is 0 Å². The molecule has 0 aliphatic heterocycles. The largest absolute Gasteiger partial charge is 0.396 e. The molecule has 1 nitrogen and oxygen atoms in total. The molecule has 0 fully saturated rings. The number of hydrogen-bond donors (Lipinski definition) is 1. The van der Waals surface area contributed by atoms with Gasteiger partial charge in [-0.2, -0.15) is 0 Å². The lowest BCUT2D eigenvalue weighted by molar-refractivity contribution is 0.139. The van der Waals surface area contributed by atoms with E-state index in [1.807, 2.05) is 0 Å². The molecule has 74 valence electrons. The molecular formula is C11H24O. The average molecular weight is 172 g/mol. The number of hydrogen-bond acceptors (Lipinski definition) is 1. The van der Waals surface area contributed by atoms with Crippen molar-refractivity contribution in [2.45, 2.75) is 41.0 Å². The van der Waals surface area contributed by atoms with Crippen LogP contribution in [0.5, 0.6) is 0 Å². The van der Waals surface area contributed by atoms with Gasteiger partial charge in [0.2, 0.25) is 0 Å². The summed E-state index contributed by atoms with van der Waals surface area (Å²) in [4.78, 5) is 0. The van der Waals surface area contributed by atoms with Gasteiger partial charge in [0.25, 0.3) is 0 Å². The second-order valence-electron chi connectivity index (χ2n) is 4.26. The standard InChI is InChI=1S/C11H24O/c1-6-8(2)10(4)11(5)9(3)7-12/h8-12H,6-7H2,1-5H3/t8-,9+,10+,11-/m1/s1. The van der Waals surface area contributed by atoms with Crippen molar-refractivity contribution in [3.05, 3.63) is 0 Å². The van der Waals surface area contributed by atoms with Gasteiger partial charge < -0.3 is 5.11 Å². The fourth-order valence-corrected chi connectivity index (χ4v) is 1.57. The van der Waals surface area contributed by atoms with E-state index in [9.17, 15) is 0 Å². The normalized spacial score (nSPS) is 21.5. The summed E-state index contributed by atoms with van der Waals surface area (Å²) < 4.78 is 0. The van der Waals surface area contributed by atoms with Crippen molar-refractivity contribution < 1.29 is 5.11 Å². The first kappa shape index (κ1) is 12.0. The van der Waals surface area contributed by atoms with Crippen molar-refractivity contribution in [3.63, 3.8) is 0 Å². The summed E-state index contributed by atoms with van der Waals surface area (Å²) in [5, 5.41) is 9.01. The van der Waals surface area contributed by atoms with Crippen LogP contribution in [0, 0.1) is 23.7 Å². The predicted octanol–water partition coefficient (Wildman–Crippen LogP) is 2.93. The van der Waals surface area contributed by atoms with Crippen LogP contribution in [-0.2, 0) is 0 Å². The molecule has 0 aliphatic carbocycles. The van der Waals surface area contributed by atoms with Crippen molar-refractivity contribution >= 4 is 0 Å². The maximum Gasteiger partial charge on any atom is 0.0459 e. The van der Waals surface area contributed by atoms with Crippen LogP contribution in [0.2, 0.25) is 0 Å². The zero-order chi connectivity index (χ0) is 9.72. The highest BCUT2D eigenvalue weighted by Gasteiger charge is 2.21. The summed E-state index contributed by atoms with van der Waals surface area (Å²) >= 11 is 0.